The summed E-state index contributed by atoms with van der Waals surface area (Å²) in [5.74, 6) is -0.0952. The lowest BCUT2D eigenvalue weighted by Gasteiger charge is -2.18. The normalized spacial score (nSPS) is 10.5. The molecule has 0 saturated heterocycles. The zero-order chi connectivity index (χ0) is 13.7. The molecule has 0 aliphatic heterocycles. The van der Waals surface area contributed by atoms with Gasteiger partial charge >= 0.3 is 0 Å². The molecule has 0 heterocycles. The number of likely N-dealkylation sites (N-methyl/N-ethyl adjacent to an activating group) is 2. The van der Waals surface area contributed by atoms with Crippen molar-refractivity contribution in [2.75, 3.05) is 33.4 Å². The summed E-state index contributed by atoms with van der Waals surface area (Å²) in [7, 11) is 3.60. The van der Waals surface area contributed by atoms with Gasteiger partial charge in [-0.15, -0.1) is 11.8 Å². The third-order valence-corrected chi connectivity index (χ3v) is 4.03. The smallest absolute Gasteiger partial charge is 0.255 e. The van der Waals surface area contributed by atoms with E-state index in [2.05, 4.69) is 5.32 Å². The van der Waals surface area contributed by atoms with Crippen LogP contribution in [0.25, 0.3) is 0 Å². The van der Waals surface area contributed by atoms with E-state index in [1.807, 2.05) is 13.3 Å². The average molecular weight is 307 g/mol. The molecule has 1 aromatic carbocycles. The van der Waals surface area contributed by atoms with Gasteiger partial charge in [-0.3, -0.25) is 4.79 Å². The Morgan fingerprint density at radius 1 is 1.39 bits per heavy atom. The van der Waals surface area contributed by atoms with Crippen molar-refractivity contribution in [3.63, 3.8) is 0 Å². The van der Waals surface area contributed by atoms with Crippen LogP contribution in [0.5, 0.6) is 0 Å². The maximum Gasteiger partial charge on any atom is 0.255 e. The van der Waals surface area contributed by atoms with Crippen LogP contribution in [0.1, 0.15) is 10.4 Å². The van der Waals surface area contributed by atoms with E-state index in [4.69, 9.17) is 23.2 Å². The Labute approximate surface area is 122 Å². The number of halogens is 2. The van der Waals surface area contributed by atoms with Crippen molar-refractivity contribution in [2.45, 2.75) is 4.90 Å². The molecule has 0 radical (unpaired) electrons. The molecule has 0 aromatic heterocycles. The predicted molar refractivity (Wildman–Crippen MR) is 79.1 cm³/mol. The summed E-state index contributed by atoms with van der Waals surface area (Å²) < 4.78 is 0. The monoisotopic (exact) mass is 306 g/mol. The summed E-state index contributed by atoms with van der Waals surface area (Å²) in [4.78, 5) is 14.7. The SMILES string of the molecule is CNCCN(C)C(=O)c1cc(SC)c(Cl)cc1Cl. The maximum atomic E-state index is 12.2. The second kappa shape index (κ2) is 7.24. The molecule has 0 unspecified atom stereocenters. The number of hydrogen-bond donors (Lipinski definition) is 1. The Hall–Kier alpha value is -0.420. The highest BCUT2D eigenvalue weighted by atomic mass is 35.5. The highest BCUT2D eigenvalue weighted by molar-refractivity contribution is 7.98. The molecule has 1 aromatic rings. The molecular weight excluding hydrogens is 291 g/mol. The number of rotatable bonds is 5. The van der Waals surface area contributed by atoms with Crippen LogP contribution >= 0.6 is 35.0 Å². The van der Waals surface area contributed by atoms with Crippen LogP contribution in [0.2, 0.25) is 10.0 Å². The minimum atomic E-state index is -0.0952. The highest BCUT2D eigenvalue weighted by Crippen LogP contribution is 2.31. The summed E-state index contributed by atoms with van der Waals surface area (Å²) >= 11 is 13.6. The molecule has 0 atom stereocenters. The fourth-order valence-corrected chi connectivity index (χ4v) is 2.62. The van der Waals surface area contributed by atoms with E-state index in [9.17, 15) is 4.79 Å². The number of carbonyl (C=O) groups is 1. The van der Waals surface area contributed by atoms with Gasteiger partial charge in [0, 0.05) is 25.0 Å². The van der Waals surface area contributed by atoms with Crippen molar-refractivity contribution in [3.8, 4) is 0 Å². The molecule has 0 fully saturated rings. The third-order valence-electron chi connectivity index (χ3n) is 2.52. The van der Waals surface area contributed by atoms with E-state index in [-0.39, 0.29) is 5.91 Å². The van der Waals surface area contributed by atoms with Gasteiger partial charge in [-0.05, 0) is 25.4 Å². The van der Waals surface area contributed by atoms with Crippen molar-refractivity contribution >= 4 is 40.9 Å². The molecule has 1 rings (SSSR count). The minimum Gasteiger partial charge on any atom is -0.340 e. The lowest BCUT2D eigenvalue weighted by atomic mass is 10.2. The number of hydrogen-bond acceptors (Lipinski definition) is 3. The Morgan fingerprint density at radius 2 is 2.06 bits per heavy atom. The van der Waals surface area contributed by atoms with E-state index in [1.54, 1.807) is 24.1 Å². The average Bonchev–Trinajstić information content (AvgIpc) is 2.35. The number of nitrogens with one attached hydrogen (secondary N) is 1. The minimum absolute atomic E-state index is 0.0952. The highest BCUT2D eigenvalue weighted by Gasteiger charge is 2.17. The maximum absolute atomic E-state index is 12.2. The molecule has 3 nitrogen and oxygen atoms in total. The summed E-state index contributed by atoms with van der Waals surface area (Å²) in [6.07, 6.45) is 1.91. The van der Waals surface area contributed by atoms with Crippen LogP contribution in [0, 0.1) is 0 Å². The van der Waals surface area contributed by atoms with Crippen molar-refractivity contribution in [1.29, 1.82) is 0 Å². The van der Waals surface area contributed by atoms with Gasteiger partial charge in [-0.1, -0.05) is 23.2 Å². The van der Waals surface area contributed by atoms with Crippen LogP contribution in [-0.2, 0) is 0 Å². The molecule has 100 valence electrons. The van der Waals surface area contributed by atoms with E-state index in [1.165, 1.54) is 11.8 Å². The zero-order valence-corrected chi connectivity index (χ0v) is 12.9. The van der Waals surface area contributed by atoms with Crippen LogP contribution < -0.4 is 5.32 Å². The summed E-state index contributed by atoms with van der Waals surface area (Å²) in [5, 5.41) is 3.96. The van der Waals surface area contributed by atoms with Crippen molar-refractivity contribution in [2.24, 2.45) is 0 Å². The van der Waals surface area contributed by atoms with Gasteiger partial charge < -0.3 is 10.2 Å². The molecule has 0 bridgehead atoms. The Bertz CT molecular complexity index is 440. The predicted octanol–water partition coefficient (Wildman–Crippen LogP) is 3.01. The number of nitrogens with zero attached hydrogens (tertiary/aromatic N) is 1. The van der Waals surface area contributed by atoms with Gasteiger partial charge in [0.05, 0.1) is 15.6 Å². The lowest BCUT2D eigenvalue weighted by molar-refractivity contribution is 0.0797. The van der Waals surface area contributed by atoms with Crippen LogP contribution in [0.3, 0.4) is 0 Å². The van der Waals surface area contributed by atoms with Gasteiger partial charge in [-0.2, -0.15) is 0 Å². The fourth-order valence-electron chi connectivity index (χ4n) is 1.44. The van der Waals surface area contributed by atoms with E-state index in [0.29, 0.717) is 22.2 Å². The first-order valence-corrected chi connectivity index (χ1v) is 7.42. The largest absolute Gasteiger partial charge is 0.340 e. The van der Waals surface area contributed by atoms with E-state index in [0.717, 1.165) is 11.4 Å². The molecule has 0 saturated carbocycles. The van der Waals surface area contributed by atoms with Gasteiger partial charge in [0.2, 0.25) is 0 Å². The van der Waals surface area contributed by atoms with Crippen molar-refractivity contribution in [3.05, 3.63) is 27.7 Å². The molecule has 1 amide bonds. The Balaban J connectivity index is 2.98. The second-order valence-electron chi connectivity index (χ2n) is 3.80. The van der Waals surface area contributed by atoms with E-state index >= 15 is 0 Å². The van der Waals surface area contributed by atoms with Crippen LogP contribution in [-0.4, -0.2) is 44.2 Å². The molecule has 18 heavy (non-hydrogen) atoms. The van der Waals surface area contributed by atoms with Gasteiger partial charge in [0.25, 0.3) is 5.91 Å². The lowest BCUT2D eigenvalue weighted by Crippen LogP contribution is -2.32. The number of benzene rings is 1. The van der Waals surface area contributed by atoms with Crippen LogP contribution in [0.4, 0.5) is 0 Å². The topological polar surface area (TPSA) is 32.3 Å². The number of amides is 1. The van der Waals surface area contributed by atoms with Gasteiger partial charge in [0.1, 0.15) is 0 Å². The molecule has 0 aliphatic rings. The van der Waals surface area contributed by atoms with Gasteiger partial charge in [-0.25, -0.2) is 0 Å². The zero-order valence-electron chi connectivity index (χ0n) is 10.6. The van der Waals surface area contributed by atoms with E-state index < -0.39 is 0 Å². The summed E-state index contributed by atoms with van der Waals surface area (Å²) in [6, 6.07) is 3.36. The standard InChI is InChI=1S/C12H16Cl2N2OS/c1-15-4-5-16(2)12(17)8-6-11(18-3)10(14)7-9(8)13/h6-7,15H,4-5H2,1-3H3. The van der Waals surface area contributed by atoms with Crippen LogP contribution in [0.15, 0.2) is 17.0 Å². The molecule has 0 aliphatic carbocycles. The second-order valence-corrected chi connectivity index (χ2v) is 5.46. The van der Waals surface area contributed by atoms with Crippen molar-refractivity contribution < 1.29 is 4.79 Å². The first-order chi connectivity index (χ1) is 8.51. The van der Waals surface area contributed by atoms with Crippen molar-refractivity contribution in [1.82, 2.24) is 10.2 Å². The Kier molecular flexibility index (Phi) is 6.29. The quantitative estimate of drug-likeness (QED) is 0.849. The molecule has 0 spiro atoms. The number of carbonyl (C=O) groups excluding carboxylic acids is 1. The fraction of sp³-hybridized carbons (Fsp3) is 0.417. The first-order valence-electron chi connectivity index (χ1n) is 5.44. The molecular formula is C12H16Cl2N2OS. The molecule has 6 heteroatoms. The first kappa shape index (κ1) is 15.6. The van der Waals surface area contributed by atoms with Gasteiger partial charge in [0.15, 0.2) is 0 Å². The Morgan fingerprint density at radius 3 is 2.61 bits per heavy atom. The number of thioether (sulfide) groups is 1. The molecule has 1 N–H and O–H groups in total. The summed E-state index contributed by atoms with van der Waals surface area (Å²) in [5.41, 5.74) is 0.490. The summed E-state index contributed by atoms with van der Waals surface area (Å²) in [6.45, 7) is 1.37. The third kappa shape index (κ3) is 3.79.